The van der Waals surface area contributed by atoms with Gasteiger partial charge in [-0.2, -0.15) is 48.6 Å². The number of hydrogen-bond acceptors (Lipinski definition) is 2. The first-order valence-electron chi connectivity index (χ1n) is 17.0. The SMILES string of the molecule is C1=CCC2C(=C1)Sc1c(Cc3ccccc3)cccc12.C=[C-]/C=C\C(=C/Cc1[c-]cccc1)n1c2ccccc2c2cc(CNC)ccc21.[Y]. The van der Waals surface area contributed by atoms with E-state index in [-0.39, 0.29) is 32.7 Å². The van der Waals surface area contributed by atoms with E-state index >= 15 is 0 Å². The molecule has 1 aliphatic heterocycles. The number of thioether (sulfide) groups is 1. The van der Waals surface area contributed by atoms with Crippen molar-refractivity contribution < 1.29 is 32.7 Å². The van der Waals surface area contributed by atoms with Gasteiger partial charge in [-0.15, -0.1) is 0 Å². The molecule has 0 saturated heterocycles. The van der Waals surface area contributed by atoms with Crippen LogP contribution >= 0.6 is 11.8 Å². The molecule has 5 aromatic carbocycles. The summed E-state index contributed by atoms with van der Waals surface area (Å²) in [5, 5.41) is 5.77. The Balaban J connectivity index is 0.000000180. The molecule has 0 spiro atoms. The molecule has 0 fully saturated rings. The molecule has 245 valence electrons. The maximum Gasteiger partial charge on any atom is 0.0524 e. The monoisotopic (exact) mass is 741 g/mol. The summed E-state index contributed by atoms with van der Waals surface area (Å²) < 4.78 is 2.32. The number of benzene rings is 5. The number of rotatable bonds is 9. The zero-order chi connectivity index (χ0) is 33.4. The molecule has 2 heterocycles. The maximum absolute atomic E-state index is 3.73. The van der Waals surface area contributed by atoms with Crippen molar-refractivity contribution in [2.24, 2.45) is 0 Å². The van der Waals surface area contributed by atoms with Gasteiger partial charge in [-0.1, -0.05) is 109 Å². The van der Waals surface area contributed by atoms with Gasteiger partial charge in [-0.05, 0) is 77.4 Å². The van der Waals surface area contributed by atoms with Gasteiger partial charge in [0, 0.05) is 60.8 Å². The smallest absolute Gasteiger partial charge is 0.0524 e. The Bertz CT molecular complexity index is 2210. The van der Waals surface area contributed by atoms with Gasteiger partial charge < -0.3 is 9.88 Å². The molecule has 1 atom stereocenters. The van der Waals surface area contributed by atoms with Crippen LogP contribution in [0.4, 0.5) is 0 Å². The van der Waals surface area contributed by atoms with Crippen LogP contribution in [0, 0.1) is 12.1 Å². The second kappa shape index (κ2) is 17.3. The van der Waals surface area contributed by atoms with E-state index in [0.717, 1.165) is 37.1 Å². The van der Waals surface area contributed by atoms with E-state index in [2.05, 4.69) is 162 Å². The average molecular weight is 742 g/mol. The van der Waals surface area contributed by atoms with Crippen LogP contribution in [0.5, 0.6) is 0 Å². The fourth-order valence-corrected chi connectivity index (χ4v) is 8.18. The van der Waals surface area contributed by atoms with Crippen LogP contribution < -0.4 is 5.32 Å². The van der Waals surface area contributed by atoms with E-state index in [0.29, 0.717) is 5.92 Å². The van der Waals surface area contributed by atoms with Gasteiger partial charge >= 0.3 is 0 Å². The quantitative estimate of drug-likeness (QED) is 0.117. The Morgan fingerprint density at radius 1 is 0.920 bits per heavy atom. The van der Waals surface area contributed by atoms with Crippen molar-refractivity contribution >= 4 is 39.3 Å². The third kappa shape index (κ3) is 7.98. The van der Waals surface area contributed by atoms with Crippen molar-refractivity contribution in [3.63, 3.8) is 0 Å². The van der Waals surface area contributed by atoms with Crippen molar-refractivity contribution in [2.75, 3.05) is 7.05 Å². The number of nitrogens with zero attached hydrogens (tertiary/aromatic N) is 1. The molecule has 1 radical (unpaired) electrons. The van der Waals surface area contributed by atoms with Crippen LogP contribution in [-0.4, -0.2) is 11.6 Å². The van der Waals surface area contributed by atoms with Gasteiger partial charge in [0.25, 0.3) is 0 Å². The van der Waals surface area contributed by atoms with Crippen molar-refractivity contribution in [1.29, 1.82) is 0 Å². The second-order valence-electron chi connectivity index (χ2n) is 12.4. The summed E-state index contributed by atoms with van der Waals surface area (Å²) in [6.45, 7) is 4.58. The molecule has 1 aromatic heterocycles. The zero-order valence-corrected chi connectivity index (χ0v) is 32.1. The fourth-order valence-electron chi connectivity index (χ4n) is 6.83. The van der Waals surface area contributed by atoms with E-state index in [1.807, 2.05) is 37.0 Å². The van der Waals surface area contributed by atoms with E-state index in [9.17, 15) is 0 Å². The molecule has 0 bridgehead atoms. The molecule has 50 heavy (non-hydrogen) atoms. The Morgan fingerprint density at radius 3 is 2.56 bits per heavy atom. The summed E-state index contributed by atoms with van der Waals surface area (Å²) in [4.78, 5) is 3.01. The molecule has 2 aliphatic rings. The first-order valence-corrected chi connectivity index (χ1v) is 17.8. The molecule has 2 nitrogen and oxygen atoms in total. The van der Waals surface area contributed by atoms with E-state index in [4.69, 9.17) is 0 Å². The minimum absolute atomic E-state index is 0. The zero-order valence-electron chi connectivity index (χ0n) is 28.5. The van der Waals surface area contributed by atoms with E-state index in [1.165, 1.54) is 53.9 Å². The summed E-state index contributed by atoms with van der Waals surface area (Å²) in [6, 6.07) is 44.3. The van der Waals surface area contributed by atoms with Crippen molar-refractivity contribution in [3.05, 3.63) is 203 Å². The number of aromatic nitrogens is 1. The average Bonchev–Trinajstić information content (AvgIpc) is 3.70. The standard InChI is InChI=1S/C27H24N2.C19H16S.Y/c1-3-4-12-23(17-15-21-10-6-5-7-11-21)29-26-14-9-8-13-24(26)25-19-22(20-28-2)16-18-27(25)29;1-2-7-14(8-3-1)13-15-9-6-11-17-16-10-4-5-12-18(16)20-19(15)17;/h4-10,12-14,16-19,28H,1,15,20H2,2H3;1-9,11-12,16H,10,13H2;/q-2;;/b12-4-,23-17+;;. The molecule has 0 saturated carbocycles. The first kappa shape index (κ1) is 35.8. The second-order valence-corrected chi connectivity index (χ2v) is 13.5. The van der Waals surface area contributed by atoms with Crippen molar-refractivity contribution in [2.45, 2.75) is 36.6 Å². The predicted molar refractivity (Wildman–Crippen MR) is 210 cm³/mol. The normalized spacial score (nSPS) is 14.9. The topological polar surface area (TPSA) is 17.0 Å². The molecule has 1 aliphatic carbocycles. The van der Waals surface area contributed by atoms with Gasteiger partial charge in [-0.25, -0.2) is 6.08 Å². The molecule has 4 heteroatoms. The minimum atomic E-state index is 0. The molecule has 8 rings (SSSR count). The first-order chi connectivity index (χ1) is 24.2. The molecular formula is C46H40N2SY-2. The molecule has 1 N–H and O–H groups in total. The Labute approximate surface area is 326 Å². The van der Waals surface area contributed by atoms with Gasteiger partial charge in [0.15, 0.2) is 0 Å². The number of para-hydroxylation sites is 1. The van der Waals surface area contributed by atoms with Gasteiger partial charge in [0.05, 0.1) is 11.0 Å². The predicted octanol–water partition coefficient (Wildman–Crippen LogP) is 11.3. The third-order valence-corrected chi connectivity index (χ3v) is 10.5. The van der Waals surface area contributed by atoms with Crippen LogP contribution in [0.2, 0.25) is 0 Å². The molecule has 1 unspecified atom stereocenters. The fraction of sp³-hybridized carbons (Fsp3) is 0.130. The van der Waals surface area contributed by atoms with Crippen LogP contribution in [0.25, 0.3) is 27.5 Å². The number of allylic oxidation sites excluding steroid dienone is 9. The summed E-state index contributed by atoms with van der Waals surface area (Å²) >= 11 is 1.98. The van der Waals surface area contributed by atoms with Crippen LogP contribution in [0.15, 0.2) is 168 Å². The van der Waals surface area contributed by atoms with E-state index in [1.54, 1.807) is 0 Å². The summed E-state index contributed by atoms with van der Waals surface area (Å²) in [6.07, 6.45) is 18.8. The number of hydrogen-bond donors (Lipinski definition) is 1. The van der Waals surface area contributed by atoms with E-state index < -0.39 is 0 Å². The van der Waals surface area contributed by atoms with Crippen LogP contribution in [0.3, 0.4) is 0 Å². The molecular weight excluding hydrogens is 701 g/mol. The number of fused-ring (bicyclic) bond motifs is 6. The summed E-state index contributed by atoms with van der Waals surface area (Å²) in [5.41, 5.74) is 10.3. The summed E-state index contributed by atoms with van der Waals surface area (Å²) in [5.74, 6) is 0.607. The van der Waals surface area contributed by atoms with Gasteiger partial charge in [-0.3, -0.25) is 6.08 Å². The Kier molecular flexibility index (Phi) is 12.4. The van der Waals surface area contributed by atoms with Crippen LogP contribution in [-0.2, 0) is 52.1 Å². The maximum atomic E-state index is 3.73. The summed E-state index contributed by atoms with van der Waals surface area (Å²) in [7, 11) is 1.98. The van der Waals surface area contributed by atoms with Crippen molar-refractivity contribution in [3.8, 4) is 0 Å². The number of nitrogens with one attached hydrogen (secondary N) is 1. The minimum Gasteiger partial charge on any atom is -0.327 e. The molecule has 6 aromatic rings. The Hall–Kier alpha value is -3.99. The Morgan fingerprint density at radius 2 is 1.74 bits per heavy atom. The third-order valence-electron chi connectivity index (χ3n) is 9.12. The van der Waals surface area contributed by atoms with Crippen LogP contribution in [0.1, 0.15) is 40.2 Å². The van der Waals surface area contributed by atoms with Crippen molar-refractivity contribution in [1.82, 2.24) is 9.88 Å². The van der Waals surface area contributed by atoms with Gasteiger partial charge in [0.2, 0.25) is 0 Å². The molecule has 0 amide bonds. The largest absolute Gasteiger partial charge is 0.327 e. The van der Waals surface area contributed by atoms with Gasteiger partial charge in [0.1, 0.15) is 0 Å².